The van der Waals surface area contributed by atoms with Gasteiger partial charge >= 0.3 is 0 Å². The first-order valence-corrected chi connectivity index (χ1v) is 8.70. The Balaban J connectivity index is 2.92. The highest BCUT2D eigenvalue weighted by Gasteiger charge is 2.23. The lowest BCUT2D eigenvalue weighted by molar-refractivity contribution is 0.400. The Kier molecular flexibility index (Phi) is 6.62. The Bertz CT molecular complexity index is 844. The molecule has 0 spiro atoms. The van der Waals surface area contributed by atoms with Gasteiger partial charge in [-0.05, 0) is 47.9 Å². The molecular formula is C24H26O2. The molecule has 0 amide bonds. The zero-order valence-electron chi connectivity index (χ0n) is 15.2. The van der Waals surface area contributed by atoms with Crippen LogP contribution in [0.1, 0.15) is 22.3 Å². The minimum atomic E-state index is -0.0944. The molecule has 2 heteroatoms. The predicted octanol–water partition coefficient (Wildman–Crippen LogP) is 5.68. The molecule has 2 nitrogen and oxygen atoms in total. The molecule has 0 aliphatic rings. The van der Waals surface area contributed by atoms with Crippen LogP contribution in [-0.4, -0.2) is 10.2 Å². The van der Waals surface area contributed by atoms with Gasteiger partial charge in [0, 0.05) is 11.1 Å². The van der Waals surface area contributed by atoms with E-state index in [1.54, 1.807) is 6.08 Å². The largest absolute Gasteiger partial charge is 0.504 e. The van der Waals surface area contributed by atoms with Gasteiger partial charge in [0.25, 0.3) is 0 Å². The Morgan fingerprint density at radius 2 is 1.19 bits per heavy atom. The number of hydrogen-bond acceptors (Lipinski definition) is 2. The number of phenols is 2. The number of hydrogen-bond donors (Lipinski definition) is 2. The summed E-state index contributed by atoms with van der Waals surface area (Å²) in [5, 5.41) is 21.6. The van der Waals surface area contributed by atoms with Gasteiger partial charge in [-0.2, -0.15) is 0 Å². The van der Waals surface area contributed by atoms with Crippen LogP contribution in [0.25, 0.3) is 11.1 Å². The van der Waals surface area contributed by atoms with Crippen molar-refractivity contribution >= 4 is 0 Å². The monoisotopic (exact) mass is 346 g/mol. The van der Waals surface area contributed by atoms with E-state index in [9.17, 15) is 10.2 Å². The van der Waals surface area contributed by atoms with Crippen molar-refractivity contribution in [3.8, 4) is 22.6 Å². The van der Waals surface area contributed by atoms with Gasteiger partial charge in [0.2, 0.25) is 0 Å². The van der Waals surface area contributed by atoms with Crippen molar-refractivity contribution in [2.45, 2.75) is 25.7 Å². The first kappa shape index (κ1) is 19.3. The Morgan fingerprint density at radius 1 is 0.654 bits per heavy atom. The van der Waals surface area contributed by atoms with Crippen LogP contribution >= 0.6 is 0 Å². The lowest BCUT2D eigenvalue weighted by atomic mass is 9.84. The van der Waals surface area contributed by atoms with Crippen LogP contribution in [0.2, 0.25) is 0 Å². The molecule has 0 atom stereocenters. The summed E-state index contributed by atoms with van der Waals surface area (Å²) in [6.45, 7) is 15.3. The molecule has 0 fully saturated rings. The summed E-state index contributed by atoms with van der Waals surface area (Å²) in [5.41, 5.74) is 5.22. The van der Waals surface area contributed by atoms with E-state index >= 15 is 0 Å². The number of aromatic hydroxyl groups is 2. The summed E-state index contributed by atoms with van der Waals surface area (Å²) in [6, 6.07) is 7.87. The Labute approximate surface area is 156 Å². The van der Waals surface area contributed by atoms with Crippen molar-refractivity contribution in [3.05, 3.63) is 97.1 Å². The molecule has 2 rings (SSSR count). The normalized spacial score (nSPS) is 10.3. The van der Waals surface area contributed by atoms with Gasteiger partial charge in [-0.25, -0.2) is 0 Å². The van der Waals surface area contributed by atoms with Crippen molar-refractivity contribution in [2.24, 2.45) is 0 Å². The highest BCUT2D eigenvalue weighted by molar-refractivity contribution is 5.82. The summed E-state index contributed by atoms with van der Waals surface area (Å²) in [5.74, 6) is -0.180. The molecule has 2 aromatic carbocycles. The second kappa shape index (κ2) is 8.91. The molecule has 0 radical (unpaired) electrons. The molecule has 0 saturated carbocycles. The highest BCUT2D eigenvalue weighted by Crippen LogP contribution is 2.46. The topological polar surface area (TPSA) is 40.5 Å². The van der Waals surface area contributed by atoms with Gasteiger partial charge in [-0.3, -0.25) is 0 Å². The molecule has 0 heterocycles. The maximum Gasteiger partial charge on any atom is 0.166 e. The van der Waals surface area contributed by atoms with E-state index in [1.807, 2.05) is 42.5 Å². The second-order valence-corrected chi connectivity index (χ2v) is 6.14. The summed E-state index contributed by atoms with van der Waals surface area (Å²) in [6.07, 6.45) is 9.51. The van der Waals surface area contributed by atoms with Crippen LogP contribution in [-0.2, 0) is 25.7 Å². The van der Waals surface area contributed by atoms with Crippen LogP contribution in [0.5, 0.6) is 11.5 Å². The third-order valence-corrected chi connectivity index (χ3v) is 4.47. The molecule has 2 N–H and O–H groups in total. The van der Waals surface area contributed by atoms with E-state index in [2.05, 4.69) is 26.3 Å². The van der Waals surface area contributed by atoms with Crippen molar-refractivity contribution in [2.75, 3.05) is 0 Å². The van der Waals surface area contributed by atoms with Crippen molar-refractivity contribution in [3.63, 3.8) is 0 Å². The van der Waals surface area contributed by atoms with Crippen molar-refractivity contribution in [1.82, 2.24) is 0 Å². The van der Waals surface area contributed by atoms with Crippen molar-refractivity contribution in [1.29, 1.82) is 0 Å². The fraction of sp³-hybridized carbons (Fsp3) is 0.167. The van der Waals surface area contributed by atoms with Crippen LogP contribution in [0.15, 0.2) is 74.9 Å². The zero-order valence-corrected chi connectivity index (χ0v) is 15.2. The molecule has 26 heavy (non-hydrogen) atoms. The second-order valence-electron chi connectivity index (χ2n) is 6.14. The molecule has 2 aromatic rings. The van der Waals surface area contributed by atoms with E-state index in [0.717, 1.165) is 22.3 Å². The van der Waals surface area contributed by atoms with Gasteiger partial charge in [0.1, 0.15) is 0 Å². The van der Waals surface area contributed by atoms with Gasteiger partial charge in [-0.1, -0.05) is 48.6 Å². The number of phenolic OH excluding ortho intramolecular Hbond substituents is 2. The van der Waals surface area contributed by atoms with Crippen LogP contribution in [0, 0.1) is 0 Å². The number of rotatable bonds is 9. The first-order chi connectivity index (χ1) is 12.6. The van der Waals surface area contributed by atoms with Crippen LogP contribution in [0.3, 0.4) is 0 Å². The minimum Gasteiger partial charge on any atom is -0.504 e. The average Bonchev–Trinajstić information content (AvgIpc) is 2.64. The Hall–Kier alpha value is -3.00. The van der Waals surface area contributed by atoms with E-state index in [1.165, 1.54) is 0 Å². The minimum absolute atomic E-state index is 0.0852. The van der Waals surface area contributed by atoms with Crippen LogP contribution < -0.4 is 0 Å². The van der Waals surface area contributed by atoms with Gasteiger partial charge in [0.05, 0.1) is 0 Å². The summed E-state index contributed by atoms with van der Waals surface area (Å²) >= 11 is 0. The average molecular weight is 346 g/mol. The maximum atomic E-state index is 10.9. The maximum absolute atomic E-state index is 10.9. The molecule has 134 valence electrons. The fourth-order valence-electron chi connectivity index (χ4n) is 3.39. The SMILES string of the molecule is C=CCc1ccccc1-c1c(O)c(O)c(CC=C)c(CC=C)c1CC=C. The molecule has 0 bridgehead atoms. The summed E-state index contributed by atoms with van der Waals surface area (Å²) in [4.78, 5) is 0. The molecule has 0 aliphatic carbocycles. The quantitative estimate of drug-likeness (QED) is 0.453. The molecular weight excluding hydrogens is 320 g/mol. The van der Waals surface area contributed by atoms with E-state index in [4.69, 9.17) is 0 Å². The third-order valence-electron chi connectivity index (χ3n) is 4.47. The standard InChI is InChI=1S/C24H26O2/c1-5-11-17-15-9-10-16-18(17)22-20(13-7-3)19(12-6-2)21(14-8-4)23(25)24(22)26/h5-10,15-16,25-26H,1-4,11-14H2. The third kappa shape index (κ3) is 3.65. The lowest BCUT2D eigenvalue weighted by Gasteiger charge is -2.22. The van der Waals surface area contributed by atoms with E-state index < -0.39 is 0 Å². The molecule has 0 aliphatic heterocycles. The van der Waals surface area contributed by atoms with E-state index in [-0.39, 0.29) is 11.5 Å². The van der Waals surface area contributed by atoms with Gasteiger partial charge in [0.15, 0.2) is 11.5 Å². The van der Waals surface area contributed by atoms with Gasteiger partial charge < -0.3 is 10.2 Å². The fourth-order valence-corrected chi connectivity index (χ4v) is 3.39. The number of benzene rings is 2. The van der Waals surface area contributed by atoms with E-state index in [0.29, 0.717) is 36.8 Å². The smallest absolute Gasteiger partial charge is 0.166 e. The summed E-state index contributed by atoms with van der Waals surface area (Å²) < 4.78 is 0. The molecule has 0 aromatic heterocycles. The van der Waals surface area contributed by atoms with Crippen LogP contribution in [0.4, 0.5) is 0 Å². The first-order valence-electron chi connectivity index (χ1n) is 8.70. The highest BCUT2D eigenvalue weighted by atomic mass is 16.3. The zero-order chi connectivity index (χ0) is 19.1. The Morgan fingerprint density at radius 3 is 1.81 bits per heavy atom. The lowest BCUT2D eigenvalue weighted by Crippen LogP contribution is -2.04. The predicted molar refractivity (Wildman–Crippen MR) is 111 cm³/mol. The molecule has 0 saturated heterocycles. The molecule has 0 unspecified atom stereocenters. The number of allylic oxidation sites excluding steroid dienone is 4. The van der Waals surface area contributed by atoms with Gasteiger partial charge in [-0.15, -0.1) is 26.3 Å². The summed E-state index contributed by atoms with van der Waals surface area (Å²) in [7, 11) is 0. The van der Waals surface area contributed by atoms with Crippen molar-refractivity contribution < 1.29 is 10.2 Å².